The highest BCUT2D eigenvalue weighted by atomic mass is 16.5. The zero-order chi connectivity index (χ0) is 18.5. The van der Waals surface area contributed by atoms with Crippen LogP contribution in [0.4, 0.5) is 0 Å². The van der Waals surface area contributed by atoms with Gasteiger partial charge in [0.2, 0.25) is 0 Å². The Morgan fingerprint density at radius 3 is 2.81 bits per heavy atom. The van der Waals surface area contributed by atoms with Gasteiger partial charge in [-0.2, -0.15) is 14.7 Å². The van der Waals surface area contributed by atoms with E-state index in [1.807, 2.05) is 37.0 Å². The number of aryl methyl sites for hydroxylation is 2. The molecule has 0 radical (unpaired) electrons. The number of fused-ring (bicyclic) bond motifs is 1. The first-order chi connectivity index (χ1) is 13.1. The van der Waals surface area contributed by atoms with Gasteiger partial charge in [0, 0.05) is 19.2 Å². The van der Waals surface area contributed by atoms with Gasteiger partial charge < -0.3 is 4.74 Å². The molecule has 1 saturated carbocycles. The van der Waals surface area contributed by atoms with E-state index in [2.05, 4.69) is 32.4 Å². The van der Waals surface area contributed by atoms with Gasteiger partial charge in [0.25, 0.3) is 0 Å². The molecular formula is C19H19N7O. The number of aromatic nitrogens is 7. The van der Waals surface area contributed by atoms with Gasteiger partial charge in [-0.15, -0.1) is 10.2 Å². The van der Waals surface area contributed by atoms with Crippen molar-refractivity contribution in [3.05, 3.63) is 53.7 Å². The summed E-state index contributed by atoms with van der Waals surface area (Å²) in [6.45, 7) is 1.89. The number of pyridine rings is 1. The number of hydrogen-bond acceptors (Lipinski definition) is 6. The summed E-state index contributed by atoms with van der Waals surface area (Å²) in [5.74, 6) is 2.40. The monoisotopic (exact) mass is 361 g/mol. The summed E-state index contributed by atoms with van der Waals surface area (Å²) in [4.78, 5) is 4.27. The van der Waals surface area contributed by atoms with Crippen LogP contribution in [0, 0.1) is 6.92 Å². The molecule has 5 rings (SSSR count). The van der Waals surface area contributed by atoms with Gasteiger partial charge in [0.05, 0.1) is 24.7 Å². The van der Waals surface area contributed by atoms with Crippen molar-refractivity contribution in [3.63, 3.8) is 0 Å². The Morgan fingerprint density at radius 1 is 1.07 bits per heavy atom. The van der Waals surface area contributed by atoms with Gasteiger partial charge in [0.15, 0.2) is 11.5 Å². The van der Waals surface area contributed by atoms with Crippen molar-refractivity contribution in [1.29, 1.82) is 0 Å². The smallest absolute Gasteiger partial charge is 0.177 e. The maximum atomic E-state index is 5.29. The molecule has 0 bridgehead atoms. The molecule has 8 heteroatoms. The lowest BCUT2D eigenvalue weighted by molar-refractivity contribution is 0.412. The van der Waals surface area contributed by atoms with Gasteiger partial charge in [0.1, 0.15) is 11.4 Å². The van der Waals surface area contributed by atoms with E-state index in [1.54, 1.807) is 17.8 Å². The van der Waals surface area contributed by atoms with E-state index in [0.29, 0.717) is 11.8 Å². The van der Waals surface area contributed by atoms with E-state index in [1.165, 1.54) is 5.56 Å². The van der Waals surface area contributed by atoms with Crippen molar-refractivity contribution in [2.24, 2.45) is 7.05 Å². The summed E-state index contributed by atoms with van der Waals surface area (Å²) in [6, 6.07) is 8.08. The van der Waals surface area contributed by atoms with Crippen LogP contribution in [0.3, 0.4) is 0 Å². The van der Waals surface area contributed by atoms with Gasteiger partial charge in [-0.1, -0.05) is 0 Å². The molecule has 2 unspecified atom stereocenters. The summed E-state index contributed by atoms with van der Waals surface area (Å²) in [6.07, 6.45) is 4.72. The number of nitrogens with zero attached hydrogens (tertiary/aromatic N) is 7. The third kappa shape index (κ3) is 2.64. The molecule has 4 heterocycles. The first-order valence-electron chi connectivity index (χ1n) is 8.86. The second-order valence-corrected chi connectivity index (χ2v) is 6.92. The average Bonchev–Trinajstić information content (AvgIpc) is 3.29. The molecule has 0 saturated heterocycles. The molecule has 0 spiro atoms. The number of methoxy groups -OCH3 is 1. The molecule has 0 aliphatic heterocycles. The fourth-order valence-corrected chi connectivity index (χ4v) is 3.58. The summed E-state index contributed by atoms with van der Waals surface area (Å²) in [5.41, 5.74) is 4.86. The summed E-state index contributed by atoms with van der Waals surface area (Å²) < 4.78 is 8.93. The minimum Gasteiger partial charge on any atom is -0.495 e. The van der Waals surface area contributed by atoms with Gasteiger partial charge in [-0.05, 0) is 49.1 Å². The van der Waals surface area contributed by atoms with Crippen molar-refractivity contribution in [3.8, 4) is 17.1 Å². The van der Waals surface area contributed by atoms with Crippen LogP contribution in [0.1, 0.15) is 35.3 Å². The maximum Gasteiger partial charge on any atom is 0.177 e. The minimum absolute atomic E-state index is 0.402. The minimum atomic E-state index is 0.402. The molecule has 1 aliphatic rings. The number of rotatable bonds is 4. The zero-order valence-corrected chi connectivity index (χ0v) is 15.4. The lowest BCUT2D eigenvalue weighted by Gasteiger charge is -2.02. The van der Waals surface area contributed by atoms with Crippen LogP contribution in [-0.2, 0) is 7.05 Å². The standard InChI is InChI=1S/C19H19N7O/c1-11-21-22-19-5-4-16(24-26(11)19)18-8-17(23-25(18)2)15-7-14(15)12-6-13(27-3)10-20-9-12/h4-6,8-10,14-15H,7H2,1-3H3. The van der Waals surface area contributed by atoms with Crippen LogP contribution in [0.15, 0.2) is 36.7 Å². The molecule has 0 N–H and O–H groups in total. The second-order valence-electron chi connectivity index (χ2n) is 6.92. The Bertz CT molecular complexity index is 1150. The highest BCUT2D eigenvalue weighted by Crippen LogP contribution is 2.54. The second kappa shape index (κ2) is 5.87. The predicted molar refractivity (Wildman–Crippen MR) is 98.6 cm³/mol. The first-order valence-corrected chi connectivity index (χ1v) is 8.86. The van der Waals surface area contributed by atoms with Crippen LogP contribution in [-0.4, -0.2) is 41.7 Å². The molecule has 1 aliphatic carbocycles. The molecule has 4 aromatic rings. The molecule has 8 nitrogen and oxygen atoms in total. The number of hydrogen-bond donors (Lipinski definition) is 0. The molecule has 136 valence electrons. The van der Waals surface area contributed by atoms with E-state index in [0.717, 1.165) is 40.7 Å². The Balaban J connectivity index is 1.45. The van der Waals surface area contributed by atoms with Crippen molar-refractivity contribution < 1.29 is 4.74 Å². The molecule has 0 aromatic carbocycles. The quantitative estimate of drug-likeness (QED) is 0.555. The zero-order valence-electron chi connectivity index (χ0n) is 15.4. The van der Waals surface area contributed by atoms with Crippen molar-refractivity contribution in [2.75, 3.05) is 7.11 Å². The van der Waals surface area contributed by atoms with Gasteiger partial charge in [-0.3, -0.25) is 9.67 Å². The topological polar surface area (TPSA) is 83.0 Å². The molecular weight excluding hydrogens is 342 g/mol. The van der Waals surface area contributed by atoms with Crippen molar-refractivity contribution in [2.45, 2.75) is 25.2 Å². The Morgan fingerprint density at radius 2 is 1.96 bits per heavy atom. The van der Waals surface area contributed by atoms with Crippen molar-refractivity contribution >= 4 is 5.65 Å². The summed E-state index contributed by atoms with van der Waals surface area (Å²) >= 11 is 0. The average molecular weight is 361 g/mol. The van der Waals surface area contributed by atoms with Crippen LogP contribution in [0.25, 0.3) is 17.0 Å². The van der Waals surface area contributed by atoms with Gasteiger partial charge >= 0.3 is 0 Å². The molecule has 0 amide bonds. The highest BCUT2D eigenvalue weighted by Gasteiger charge is 2.42. The lowest BCUT2D eigenvalue weighted by atomic mass is 10.1. The SMILES string of the molecule is COc1cncc(C2CC2c2cc(-c3ccc4nnc(C)n4n3)n(C)n2)c1. The molecule has 27 heavy (non-hydrogen) atoms. The molecule has 1 fully saturated rings. The Hall–Kier alpha value is -3.29. The fraction of sp³-hybridized carbons (Fsp3) is 0.316. The predicted octanol–water partition coefficient (Wildman–Crippen LogP) is 2.51. The van der Waals surface area contributed by atoms with E-state index in [4.69, 9.17) is 9.84 Å². The largest absolute Gasteiger partial charge is 0.495 e. The first kappa shape index (κ1) is 15.9. The molecule has 2 atom stereocenters. The van der Waals surface area contributed by atoms with Crippen LogP contribution in [0.5, 0.6) is 5.75 Å². The Kier molecular flexibility index (Phi) is 3.46. The third-order valence-corrected chi connectivity index (χ3v) is 5.15. The lowest BCUT2D eigenvalue weighted by Crippen LogP contribution is -2.00. The van der Waals surface area contributed by atoms with E-state index >= 15 is 0 Å². The molecule has 4 aromatic heterocycles. The van der Waals surface area contributed by atoms with Crippen molar-refractivity contribution in [1.82, 2.24) is 34.6 Å². The van der Waals surface area contributed by atoms with E-state index in [-0.39, 0.29) is 0 Å². The Labute approximate surface area is 155 Å². The van der Waals surface area contributed by atoms with E-state index < -0.39 is 0 Å². The number of ether oxygens (including phenoxy) is 1. The maximum absolute atomic E-state index is 5.29. The van der Waals surface area contributed by atoms with Crippen LogP contribution >= 0.6 is 0 Å². The third-order valence-electron chi connectivity index (χ3n) is 5.15. The van der Waals surface area contributed by atoms with E-state index in [9.17, 15) is 0 Å². The highest BCUT2D eigenvalue weighted by molar-refractivity contribution is 5.57. The normalized spacial score (nSPS) is 18.8. The van der Waals surface area contributed by atoms with Gasteiger partial charge in [-0.25, -0.2) is 0 Å². The fourth-order valence-electron chi connectivity index (χ4n) is 3.58. The summed E-state index contributed by atoms with van der Waals surface area (Å²) in [7, 11) is 3.62. The van der Waals surface area contributed by atoms with Crippen LogP contribution in [0.2, 0.25) is 0 Å². The summed E-state index contributed by atoms with van der Waals surface area (Å²) in [5, 5.41) is 17.6. The van der Waals surface area contributed by atoms with Crippen LogP contribution < -0.4 is 4.74 Å².